The molecule has 0 spiro atoms. The molecule has 3 amide bonds. The summed E-state index contributed by atoms with van der Waals surface area (Å²) in [6, 6.07) is 17.3. The van der Waals surface area contributed by atoms with Gasteiger partial charge in [-0.3, -0.25) is 4.79 Å². The molecule has 154 valence electrons. The fourth-order valence-corrected chi connectivity index (χ4v) is 3.01. The van der Waals surface area contributed by atoms with Gasteiger partial charge in [-0.1, -0.05) is 6.07 Å². The molecule has 0 atom stereocenters. The van der Waals surface area contributed by atoms with Crippen LogP contribution < -0.4 is 26.4 Å². The number of carbonyl (C=O) groups is 2. The van der Waals surface area contributed by atoms with Gasteiger partial charge in [0, 0.05) is 24.1 Å². The number of nitrogens with two attached hydrogens (primary N) is 1. The lowest BCUT2D eigenvalue weighted by Crippen LogP contribution is -2.19. The number of urea groups is 1. The number of hydrogen-bond donors (Lipinski definition) is 4. The van der Waals surface area contributed by atoms with E-state index in [-0.39, 0.29) is 11.9 Å². The number of nitrogen functional groups attached to an aromatic ring is 1. The van der Waals surface area contributed by atoms with E-state index in [4.69, 9.17) is 10.5 Å². The van der Waals surface area contributed by atoms with Gasteiger partial charge in [0.1, 0.15) is 11.5 Å². The van der Waals surface area contributed by atoms with E-state index < -0.39 is 0 Å². The standard InChI is InChI=1S/C23H24N4O3/c1-14-10-15(2)12-17(11-14)27-23(29)26-16-4-6-18(7-5-16)30-19-8-9-21(24)20(13-19)22(28)25-3/h4-13H,24H2,1-3H3,(H,25,28)(H2,26,27,29). The van der Waals surface area contributed by atoms with Gasteiger partial charge in [0.2, 0.25) is 0 Å². The minimum Gasteiger partial charge on any atom is -0.457 e. The molecule has 0 saturated heterocycles. The summed E-state index contributed by atoms with van der Waals surface area (Å²) in [5.74, 6) is 0.756. The number of benzene rings is 3. The first-order valence-corrected chi connectivity index (χ1v) is 9.40. The van der Waals surface area contributed by atoms with Crippen LogP contribution in [0.1, 0.15) is 21.5 Å². The van der Waals surface area contributed by atoms with Gasteiger partial charge in [0.05, 0.1) is 5.56 Å². The third kappa shape index (κ3) is 5.29. The summed E-state index contributed by atoms with van der Waals surface area (Å²) in [6.07, 6.45) is 0. The van der Waals surface area contributed by atoms with Crippen molar-refractivity contribution in [1.82, 2.24) is 5.32 Å². The average molecular weight is 404 g/mol. The molecule has 0 aliphatic rings. The zero-order valence-corrected chi connectivity index (χ0v) is 17.1. The molecule has 30 heavy (non-hydrogen) atoms. The molecular weight excluding hydrogens is 380 g/mol. The number of anilines is 3. The highest BCUT2D eigenvalue weighted by Crippen LogP contribution is 2.26. The highest BCUT2D eigenvalue weighted by Gasteiger charge is 2.10. The molecule has 3 aromatic carbocycles. The fourth-order valence-electron chi connectivity index (χ4n) is 3.01. The van der Waals surface area contributed by atoms with Crippen LogP contribution in [0.4, 0.5) is 21.9 Å². The van der Waals surface area contributed by atoms with E-state index in [9.17, 15) is 9.59 Å². The van der Waals surface area contributed by atoms with E-state index in [0.29, 0.717) is 28.4 Å². The number of aryl methyl sites for hydroxylation is 2. The van der Waals surface area contributed by atoms with E-state index in [1.54, 1.807) is 42.5 Å². The molecule has 0 bridgehead atoms. The maximum atomic E-state index is 12.2. The molecule has 0 saturated carbocycles. The van der Waals surface area contributed by atoms with Crippen LogP contribution in [0.15, 0.2) is 60.7 Å². The monoisotopic (exact) mass is 404 g/mol. The molecule has 0 unspecified atom stereocenters. The Labute approximate surface area is 175 Å². The largest absolute Gasteiger partial charge is 0.457 e. The minimum atomic E-state index is -0.331. The average Bonchev–Trinajstić information content (AvgIpc) is 2.69. The van der Waals surface area contributed by atoms with Crippen LogP contribution in [0.2, 0.25) is 0 Å². The topological polar surface area (TPSA) is 105 Å². The van der Waals surface area contributed by atoms with Gasteiger partial charge in [0.15, 0.2) is 0 Å². The molecule has 0 aliphatic carbocycles. The third-order valence-corrected chi connectivity index (χ3v) is 4.32. The van der Waals surface area contributed by atoms with Gasteiger partial charge in [-0.25, -0.2) is 4.79 Å². The Balaban J connectivity index is 1.63. The van der Waals surface area contributed by atoms with Crippen LogP contribution in [0, 0.1) is 13.8 Å². The van der Waals surface area contributed by atoms with Gasteiger partial charge >= 0.3 is 6.03 Å². The van der Waals surface area contributed by atoms with Crippen molar-refractivity contribution in [3.63, 3.8) is 0 Å². The second-order valence-electron chi connectivity index (χ2n) is 6.91. The summed E-state index contributed by atoms with van der Waals surface area (Å²) in [4.78, 5) is 24.1. The quantitative estimate of drug-likeness (QED) is 0.463. The number of hydrogen-bond acceptors (Lipinski definition) is 4. The predicted molar refractivity (Wildman–Crippen MR) is 119 cm³/mol. The first kappa shape index (κ1) is 20.7. The van der Waals surface area contributed by atoms with Crippen LogP contribution in [0.3, 0.4) is 0 Å². The molecule has 0 fully saturated rings. The lowest BCUT2D eigenvalue weighted by atomic mass is 10.1. The Morgan fingerprint density at radius 1 is 0.800 bits per heavy atom. The first-order valence-electron chi connectivity index (χ1n) is 9.40. The first-order chi connectivity index (χ1) is 14.3. The molecule has 0 aliphatic heterocycles. The molecule has 0 aromatic heterocycles. The molecule has 0 radical (unpaired) electrons. The summed E-state index contributed by atoms with van der Waals surface area (Å²) in [5, 5.41) is 8.15. The normalized spacial score (nSPS) is 10.2. The Bertz CT molecular complexity index is 1060. The number of ether oxygens (including phenoxy) is 1. The Morgan fingerprint density at radius 2 is 1.40 bits per heavy atom. The maximum absolute atomic E-state index is 12.2. The lowest BCUT2D eigenvalue weighted by Gasteiger charge is -2.11. The predicted octanol–water partition coefficient (Wildman–Crippen LogP) is 4.68. The number of carbonyl (C=O) groups excluding carboxylic acids is 2. The number of amides is 3. The Kier molecular flexibility index (Phi) is 6.22. The van der Waals surface area contributed by atoms with Crippen molar-refractivity contribution >= 4 is 29.0 Å². The van der Waals surface area contributed by atoms with Gasteiger partial charge in [-0.05, 0) is 79.6 Å². The molecule has 3 rings (SSSR count). The zero-order chi connectivity index (χ0) is 21.7. The highest BCUT2D eigenvalue weighted by molar-refractivity contribution is 6.00. The van der Waals surface area contributed by atoms with Gasteiger partial charge in [-0.2, -0.15) is 0 Å². The van der Waals surface area contributed by atoms with Gasteiger partial charge in [-0.15, -0.1) is 0 Å². The molecule has 7 nitrogen and oxygen atoms in total. The van der Waals surface area contributed by atoms with Crippen molar-refractivity contribution in [2.24, 2.45) is 0 Å². The second-order valence-corrected chi connectivity index (χ2v) is 6.91. The van der Waals surface area contributed by atoms with Crippen LogP contribution in [-0.2, 0) is 0 Å². The van der Waals surface area contributed by atoms with Crippen LogP contribution >= 0.6 is 0 Å². The van der Waals surface area contributed by atoms with E-state index in [1.165, 1.54) is 7.05 Å². The van der Waals surface area contributed by atoms with Crippen molar-refractivity contribution in [2.75, 3.05) is 23.4 Å². The minimum absolute atomic E-state index is 0.285. The van der Waals surface area contributed by atoms with Crippen molar-refractivity contribution in [3.05, 3.63) is 77.4 Å². The molecular formula is C23H24N4O3. The third-order valence-electron chi connectivity index (χ3n) is 4.32. The van der Waals surface area contributed by atoms with Crippen molar-refractivity contribution < 1.29 is 14.3 Å². The van der Waals surface area contributed by atoms with Crippen molar-refractivity contribution in [2.45, 2.75) is 13.8 Å². The van der Waals surface area contributed by atoms with E-state index in [1.807, 2.05) is 32.0 Å². The highest BCUT2D eigenvalue weighted by atomic mass is 16.5. The summed E-state index contributed by atoms with van der Waals surface area (Å²) in [5.41, 5.74) is 10.1. The van der Waals surface area contributed by atoms with E-state index in [2.05, 4.69) is 16.0 Å². The van der Waals surface area contributed by atoms with Gasteiger partial charge < -0.3 is 26.4 Å². The summed E-state index contributed by atoms with van der Waals surface area (Å²) in [7, 11) is 1.54. The molecule has 7 heteroatoms. The fraction of sp³-hybridized carbons (Fsp3) is 0.130. The summed E-state index contributed by atoms with van der Waals surface area (Å²) in [6.45, 7) is 3.96. The molecule has 0 heterocycles. The van der Waals surface area contributed by atoms with Crippen molar-refractivity contribution in [3.8, 4) is 11.5 Å². The van der Waals surface area contributed by atoms with E-state index in [0.717, 1.165) is 16.8 Å². The van der Waals surface area contributed by atoms with Crippen molar-refractivity contribution in [1.29, 1.82) is 0 Å². The SMILES string of the molecule is CNC(=O)c1cc(Oc2ccc(NC(=O)Nc3cc(C)cc(C)c3)cc2)ccc1N. The summed E-state index contributed by atoms with van der Waals surface area (Å²) >= 11 is 0. The van der Waals surface area contributed by atoms with Crippen LogP contribution in [0.25, 0.3) is 0 Å². The lowest BCUT2D eigenvalue weighted by molar-refractivity contribution is 0.0963. The van der Waals surface area contributed by atoms with Gasteiger partial charge in [0.25, 0.3) is 5.91 Å². The molecule has 5 N–H and O–H groups in total. The van der Waals surface area contributed by atoms with Crippen LogP contribution in [0.5, 0.6) is 11.5 Å². The molecule has 3 aromatic rings. The zero-order valence-electron chi connectivity index (χ0n) is 17.1. The van der Waals surface area contributed by atoms with Crippen LogP contribution in [-0.4, -0.2) is 19.0 Å². The smallest absolute Gasteiger partial charge is 0.323 e. The number of nitrogens with one attached hydrogen (secondary N) is 3. The number of rotatable bonds is 5. The summed E-state index contributed by atoms with van der Waals surface area (Å²) < 4.78 is 5.79. The Morgan fingerprint density at radius 3 is 2.03 bits per heavy atom. The maximum Gasteiger partial charge on any atom is 0.323 e. The second kappa shape index (κ2) is 9.00. The van der Waals surface area contributed by atoms with E-state index >= 15 is 0 Å². The Hall–Kier alpha value is -4.00.